The van der Waals surface area contributed by atoms with Gasteiger partial charge in [0.1, 0.15) is 0 Å². The molecule has 0 atom stereocenters. The number of hydrazine groups is 2. The predicted octanol–water partition coefficient (Wildman–Crippen LogP) is -0.314. The van der Waals surface area contributed by atoms with Crippen LogP contribution in [0.5, 0.6) is 0 Å². The first-order valence-electron chi connectivity index (χ1n) is 4.98. The average Bonchev–Trinajstić information content (AvgIpc) is 2.79. The van der Waals surface area contributed by atoms with Crippen LogP contribution in [0.1, 0.15) is 0 Å². The van der Waals surface area contributed by atoms with Crippen LogP contribution in [-0.2, 0) is 0 Å². The van der Waals surface area contributed by atoms with E-state index in [0.717, 1.165) is 11.0 Å². The number of urea groups is 1. The number of hydrogen-bond acceptors (Lipinski definition) is 5. The van der Waals surface area contributed by atoms with Crippen molar-refractivity contribution >= 4 is 29.1 Å². The van der Waals surface area contributed by atoms with E-state index in [9.17, 15) is 9.59 Å². The number of amides is 3. The number of anilines is 1. The highest BCUT2D eigenvalue weighted by atomic mass is 16.4. The van der Waals surface area contributed by atoms with Crippen LogP contribution in [0, 0.1) is 0 Å². The van der Waals surface area contributed by atoms with Gasteiger partial charge in [0, 0.05) is 0 Å². The number of nitrogens with zero attached hydrogens (tertiary/aromatic N) is 1. The van der Waals surface area contributed by atoms with E-state index >= 15 is 0 Å². The molecule has 2 rings (SSSR count). The van der Waals surface area contributed by atoms with Crippen LogP contribution >= 0.6 is 0 Å². The molecule has 3 amide bonds. The van der Waals surface area contributed by atoms with E-state index in [4.69, 9.17) is 5.11 Å². The van der Waals surface area contributed by atoms with Crippen molar-refractivity contribution in [2.45, 2.75) is 0 Å². The third-order valence-corrected chi connectivity index (χ3v) is 1.88. The number of hydrogen-bond donors (Lipinski definition) is 7. The minimum absolute atomic E-state index is 0.244. The minimum Gasteiger partial charge on any atom is -0.465 e. The summed E-state index contributed by atoms with van der Waals surface area (Å²) >= 11 is 0. The van der Waals surface area contributed by atoms with Crippen molar-refractivity contribution in [2.75, 3.05) is 5.32 Å². The SMILES string of the molecule is NNC(=O)NN.O=C(O)Nc1nc2ccccc2[nH]1. The second-order valence-electron chi connectivity index (χ2n) is 3.15. The number of carboxylic acid groups (broad SMARTS) is 1. The maximum absolute atomic E-state index is 10.3. The summed E-state index contributed by atoms with van der Waals surface area (Å²) in [6.45, 7) is 0. The number of benzene rings is 1. The molecule has 1 aromatic carbocycles. The molecule has 0 fully saturated rings. The van der Waals surface area contributed by atoms with Crippen molar-refractivity contribution in [3.05, 3.63) is 24.3 Å². The van der Waals surface area contributed by atoms with Crippen LogP contribution < -0.4 is 27.9 Å². The number of fused-ring (bicyclic) bond motifs is 1. The molecule has 0 aliphatic rings. The van der Waals surface area contributed by atoms with Crippen molar-refractivity contribution in [3.63, 3.8) is 0 Å². The second-order valence-corrected chi connectivity index (χ2v) is 3.15. The molecule has 0 aliphatic heterocycles. The summed E-state index contributed by atoms with van der Waals surface area (Å²) in [6.07, 6.45) is -1.13. The molecule has 0 aliphatic carbocycles. The third-order valence-electron chi connectivity index (χ3n) is 1.88. The van der Waals surface area contributed by atoms with Crippen molar-refractivity contribution in [1.82, 2.24) is 20.8 Å². The van der Waals surface area contributed by atoms with Crippen molar-refractivity contribution in [2.24, 2.45) is 11.7 Å². The molecule has 10 heteroatoms. The lowest BCUT2D eigenvalue weighted by Gasteiger charge is -1.90. The Labute approximate surface area is 107 Å². The number of rotatable bonds is 1. The fraction of sp³-hybridized carbons (Fsp3) is 0. The zero-order valence-electron chi connectivity index (χ0n) is 9.68. The number of para-hydroxylation sites is 2. The quantitative estimate of drug-likeness (QED) is 0.212. The lowest BCUT2D eigenvalue weighted by molar-refractivity contribution is 0.209. The summed E-state index contributed by atoms with van der Waals surface area (Å²) < 4.78 is 0. The average molecular weight is 267 g/mol. The molecule has 102 valence electrons. The number of imidazole rings is 1. The maximum Gasteiger partial charge on any atom is 0.411 e. The zero-order chi connectivity index (χ0) is 14.3. The summed E-state index contributed by atoms with van der Waals surface area (Å²) in [4.78, 5) is 26.8. The second kappa shape index (κ2) is 6.78. The van der Waals surface area contributed by atoms with E-state index in [1.54, 1.807) is 16.9 Å². The summed E-state index contributed by atoms with van der Waals surface area (Å²) in [7, 11) is 0. The van der Waals surface area contributed by atoms with E-state index < -0.39 is 12.1 Å². The van der Waals surface area contributed by atoms with Crippen LogP contribution in [0.4, 0.5) is 15.5 Å². The van der Waals surface area contributed by atoms with Gasteiger partial charge in [-0.25, -0.2) is 26.3 Å². The number of aromatic amines is 1. The van der Waals surface area contributed by atoms with Gasteiger partial charge in [0.15, 0.2) is 0 Å². The van der Waals surface area contributed by atoms with Crippen LogP contribution in [-0.4, -0.2) is 27.2 Å². The van der Waals surface area contributed by atoms with Gasteiger partial charge in [-0.15, -0.1) is 0 Å². The number of nitrogens with two attached hydrogens (primary N) is 2. The molecule has 1 aromatic heterocycles. The smallest absolute Gasteiger partial charge is 0.411 e. The highest BCUT2D eigenvalue weighted by molar-refractivity contribution is 5.84. The molecule has 0 spiro atoms. The Morgan fingerprint density at radius 3 is 2.32 bits per heavy atom. The van der Waals surface area contributed by atoms with Gasteiger partial charge in [-0.1, -0.05) is 12.1 Å². The molecule has 10 nitrogen and oxygen atoms in total. The van der Waals surface area contributed by atoms with Crippen LogP contribution in [0.25, 0.3) is 11.0 Å². The molecule has 0 bridgehead atoms. The summed E-state index contributed by atoms with van der Waals surface area (Å²) in [5.74, 6) is 9.33. The standard InChI is InChI=1S/C8H7N3O2.CH6N4O/c12-8(13)11-7-9-5-3-1-2-4-6(5)10-7;2-4-1(6)5-3/h1-4H,(H,12,13)(H2,9,10,11);2-3H2,(H2,4,5,6). The molecule has 1 heterocycles. The highest BCUT2D eigenvalue weighted by Crippen LogP contribution is 2.12. The topological polar surface area (TPSA) is 171 Å². The van der Waals surface area contributed by atoms with E-state index in [2.05, 4.69) is 27.0 Å². The molecular formula is C9H13N7O3. The first kappa shape index (κ1) is 14.2. The molecule has 19 heavy (non-hydrogen) atoms. The normalized spacial score (nSPS) is 9.16. The largest absolute Gasteiger partial charge is 0.465 e. The van der Waals surface area contributed by atoms with Crippen molar-refractivity contribution < 1.29 is 14.7 Å². The van der Waals surface area contributed by atoms with Gasteiger partial charge in [0.2, 0.25) is 5.95 Å². The molecule has 0 saturated carbocycles. The van der Waals surface area contributed by atoms with Crippen LogP contribution in [0.15, 0.2) is 24.3 Å². The Hall–Kier alpha value is -2.85. The van der Waals surface area contributed by atoms with E-state index in [-0.39, 0.29) is 5.95 Å². The predicted molar refractivity (Wildman–Crippen MR) is 67.8 cm³/mol. The molecular weight excluding hydrogens is 254 g/mol. The first-order valence-corrected chi connectivity index (χ1v) is 4.98. The number of nitrogens with one attached hydrogen (secondary N) is 4. The lowest BCUT2D eigenvalue weighted by Crippen LogP contribution is -2.43. The fourth-order valence-electron chi connectivity index (χ4n) is 1.15. The number of aromatic nitrogens is 2. The van der Waals surface area contributed by atoms with Gasteiger partial charge in [0.25, 0.3) is 0 Å². The fourth-order valence-corrected chi connectivity index (χ4v) is 1.15. The molecule has 0 saturated heterocycles. The monoisotopic (exact) mass is 267 g/mol. The highest BCUT2D eigenvalue weighted by Gasteiger charge is 2.03. The molecule has 0 radical (unpaired) electrons. The van der Waals surface area contributed by atoms with E-state index in [1.165, 1.54) is 0 Å². The lowest BCUT2D eigenvalue weighted by atomic mass is 10.3. The summed E-state index contributed by atoms with van der Waals surface area (Å²) in [5, 5.41) is 10.6. The van der Waals surface area contributed by atoms with E-state index in [1.807, 2.05) is 18.2 Å². The van der Waals surface area contributed by atoms with Crippen LogP contribution in [0.2, 0.25) is 0 Å². The Morgan fingerprint density at radius 2 is 1.84 bits per heavy atom. The third kappa shape index (κ3) is 4.49. The number of H-pyrrole nitrogens is 1. The maximum atomic E-state index is 10.3. The van der Waals surface area contributed by atoms with Crippen LogP contribution in [0.3, 0.4) is 0 Å². The molecule has 9 N–H and O–H groups in total. The first-order chi connectivity index (χ1) is 9.06. The molecule has 0 unspecified atom stereocenters. The van der Waals surface area contributed by atoms with Gasteiger partial charge >= 0.3 is 12.1 Å². The van der Waals surface area contributed by atoms with Gasteiger partial charge in [-0.05, 0) is 12.1 Å². The Bertz CT molecular complexity index is 529. The Balaban J connectivity index is 0.000000258. The summed E-state index contributed by atoms with van der Waals surface area (Å²) in [6, 6.07) is 6.72. The van der Waals surface area contributed by atoms with Crippen molar-refractivity contribution in [3.8, 4) is 0 Å². The van der Waals surface area contributed by atoms with Gasteiger partial charge < -0.3 is 10.1 Å². The number of carbonyl (C=O) groups excluding carboxylic acids is 1. The van der Waals surface area contributed by atoms with Gasteiger partial charge in [0.05, 0.1) is 11.0 Å². The number of carbonyl (C=O) groups is 2. The van der Waals surface area contributed by atoms with E-state index in [0.29, 0.717) is 0 Å². The molecule has 2 aromatic rings. The van der Waals surface area contributed by atoms with Gasteiger partial charge in [-0.3, -0.25) is 16.2 Å². The summed E-state index contributed by atoms with van der Waals surface area (Å²) in [5.41, 5.74) is 5.03. The zero-order valence-corrected chi connectivity index (χ0v) is 9.68. The Morgan fingerprint density at radius 1 is 1.21 bits per heavy atom. The van der Waals surface area contributed by atoms with Crippen molar-refractivity contribution in [1.29, 1.82) is 0 Å². The Kier molecular flexibility index (Phi) is 5.07. The minimum atomic E-state index is -1.13. The van der Waals surface area contributed by atoms with Gasteiger partial charge in [-0.2, -0.15) is 0 Å².